The van der Waals surface area contributed by atoms with Crippen LogP contribution in [0.25, 0.3) is 0 Å². The van der Waals surface area contributed by atoms with Crippen molar-refractivity contribution in [2.75, 3.05) is 13.2 Å². The third-order valence-electron chi connectivity index (χ3n) is 3.85. The Morgan fingerprint density at radius 2 is 2.24 bits per heavy atom. The zero-order chi connectivity index (χ0) is 12.9. The van der Waals surface area contributed by atoms with E-state index >= 15 is 0 Å². The monoisotopic (exact) mass is 242 g/mol. The van der Waals surface area contributed by atoms with Crippen molar-refractivity contribution >= 4 is 5.91 Å². The van der Waals surface area contributed by atoms with Crippen LogP contribution in [0.15, 0.2) is 0 Å². The summed E-state index contributed by atoms with van der Waals surface area (Å²) in [6, 6.07) is 0. The van der Waals surface area contributed by atoms with Crippen LogP contribution < -0.4 is 11.1 Å². The maximum Gasteiger partial charge on any atom is 0.226 e. The molecular formula is C13H26N2O2. The summed E-state index contributed by atoms with van der Waals surface area (Å²) in [5.74, 6) is 0.149. The molecule has 3 unspecified atom stereocenters. The second-order valence-corrected chi connectivity index (χ2v) is 5.15. The van der Waals surface area contributed by atoms with Gasteiger partial charge in [0.2, 0.25) is 5.91 Å². The van der Waals surface area contributed by atoms with Gasteiger partial charge in [-0.25, -0.2) is 0 Å². The SMILES string of the molecule is CCC1OCCC1C(=O)NC(C)(CC)CCN. The van der Waals surface area contributed by atoms with E-state index in [0.29, 0.717) is 13.2 Å². The molecule has 0 aliphatic carbocycles. The second kappa shape index (κ2) is 6.36. The summed E-state index contributed by atoms with van der Waals surface area (Å²) in [4.78, 5) is 12.2. The van der Waals surface area contributed by atoms with Crippen molar-refractivity contribution in [2.45, 2.75) is 58.1 Å². The van der Waals surface area contributed by atoms with Gasteiger partial charge in [-0.1, -0.05) is 13.8 Å². The van der Waals surface area contributed by atoms with Crippen LogP contribution in [0, 0.1) is 5.92 Å². The molecule has 0 bridgehead atoms. The van der Waals surface area contributed by atoms with Gasteiger partial charge in [0.1, 0.15) is 0 Å². The molecule has 0 radical (unpaired) electrons. The van der Waals surface area contributed by atoms with Gasteiger partial charge in [-0.15, -0.1) is 0 Å². The normalized spacial score (nSPS) is 27.8. The van der Waals surface area contributed by atoms with E-state index in [9.17, 15) is 4.79 Å². The summed E-state index contributed by atoms with van der Waals surface area (Å²) >= 11 is 0. The Kier molecular flexibility index (Phi) is 5.40. The minimum Gasteiger partial charge on any atom is -0.377 e. The summed E-state index contributed by atoms with van der Waals surface area (Å²) in [6.45, 7) is 7.52. The predicted molar refractivity (Wildman–Crippen MR) is 68.6 cm³/mol. The van der Waals surface area contributed by atoms with Crippen LogP contribution in [0.3, 0.4) is 0 Å². The highest BCUT2D eigenvalue weighted by molar-refractivity contribution is 5.80. The average molecular weight is 242 g/mol. The number of rotatable bonds is 6. The molecule has 100 valence electrons. The van der Waals surface area contributed by atoms with Crippen LogP contribution in [0.4, 0.5) is 0 Å². The third kappa shape index (κ3) is 3.68. The van der Waals surface area contributed by atoms with Crippen molar-refractivity contribution in [3.63, 3.8) is 0 Å². The number of nitrogens with one attached hydrogen (secondary N) is 1. The van der Waals surface area contributed by atoms with Crippen molar-refractivity contribution in [2.24, 2.45) is 11.7 Å². The highest BCUT2D eigenvalue weighted by Gasteiger charge is 2.35. The molecule has 0 aromatic rings. The molecular weight excluding hydrogens is 216 g/mol. The van der Waals surface area contributed by atoms with Crippen LogP contribution in [0.5, 0.6) is 0 Å². The quantitative estimate of drug-likeness (QED) is 0.740. The topological polar surface area (TPSA) is 64.3 Å². The minimum absolute atomic E-state index is 0.0173. The van der Waals surface area contributed by atoms with Gasteiger partial charge in [0, 0.05) is 12.1 Å². The van der Waals surface area contributed by atoms with Crippen LogP contribution >= 0.6 is 0 Å². The van der Waals surface area contributed by atoms with Gasteiger partial charge in [0.05, 0.1) is 12.0 Å². The number of hydrogen-bond acceptors (Lipinski definition) is 3. The van der Waals surface area contributed by atoms with Gasteiger partial charge in [-0.05, 0) is 39.2 Å². The Labute approximate surface area is 104 Å². The Morgan fingerprint density at radius 1 is 1.53 bits per heavy atom. The van der Waals surface area contributed by atoms with E-state index in [1.165, 1.54) is 0 Å². The molecule has 1 saturated heterocycles. The number of carbonyl (C=O) groups is 1. The van der Waals surface area contributed by atoms with Gasteiger partial charge in [-0.2, -0.15) is 0 Å². The van der Waals surface area contributed by atoms with Crippen molar-refractivity contribution < 1.29 is 9.53 Å². The fraction of sp³-hybridized carbons (Fsp3) is 0.923. The average Bonchev–Trinajstić information content (AvgIpc) is 2.77. The summed E-state index contributed by atoms with van der Waals surface area (Å²) in [6.07, 6.45) is 3.55. The van der Waals surface area contributed by atoms with E-state index in [1.807, 2.05) is 0 Å². The van der Waals surface area contributed by atoms with Crippen LogP contribution in [-0.2, 0) is 9.53 Å². The maximum absolute atomic E-state index is 12.2. The summed E-state index contributed by atoms with van der Waals surface area (Å²) in [5.41, 5.74) is 5.42. The lowest BCUT2D eigenvalue weighted by Crippen LogP contribution is -2.50. The third-order valence-corrected chi connectivity index (χ3v) is 3.85. The molecule has 3 N–H and O–H groups in total. The molecule has 1 amide bonds. The molecule has 3 atom stereocenters. The Balaban J connectivity index is 2.58. The standard InChI is InChI=1S/C13H26N2O2/c1-4-11-10(6-9-17-11)12(16)15-13(3,5-2)7-8-14/h10-11H,4-9,14H2,1-3H3,(H,15,16). The Hall–Kier alpha value is -0.610. The molecule has 1 fully saturated rings. The molecule has 17 heavy (non-hydrogen) atoms. The molecule has 1 aliphatic rings. The van der Waals surface area contributed by atoms with E-state index in [-0.39, 0.29) is 23.5 Å². The van der Waals surface area contributed by atoms with E-state index in [0.717, 1.165) is 25.7 Å². The first-order chi connectivity index (χ1) is 8.06. The van der Waals surface area contributed by atoms with Gasteiger partial charge in [-0.3, -0.25) is 4.79 Å². The number of ether oxygens (including phenoxy) is 1. The lowest BCUT2D eigenvalue weighted by Gasteiger charge is -2.31. The minimum atomic E-state index is -0.174. The second-order valence-electron chi connectivity index (χ2n) is 5.15. The summed E-state index contributed by atoms with van der Waals surface area (Å²) < 4.78 is 5.56. The lowest BCUT2D eigenvalue weighted by molar-refractivity contribution is -0.128. The molecule has 0 aromatic heterocycles. The molecule has 0 saturated carbocycles. The first kappa shape index (κ1) is 14.5. The van der Waals surface area contributed by atoms with Crippen LogP contribution in [0.1, 0.15) is 46.5 Å². The molecule has 1 aliphatic heterocycles. The van der Waals surface area contributed by atoms with E-state index in [2.05, 4.69) is 26.1 Å². The van der Waals surface area contributed by atoms with Gasteiger partial charge < -0.3 is 15.8 Å². The molecule has 4 nitrogen and oxygen atoms in total. The Morgan fingerprint density at radius 3 is 2.76 bits per heavy atom. The largest absolute Gasteiger partial charge is 0.377 e. The fourth-order valence-electron chi connectivity index (χ4n) is 2.39. The van der Waals surface area contributed by atoms with Gasteiger partial charge >= 0.3 is 0 Å². The van der Waals surface area contributed by atoms with Gasteiger partial charge in [0.15, 0.2) is 0 Å². The zero-order valence-electron chi connectivity index (χ0n) is 11.3. The first-order valence-electron chi connectivity index (χ1n) is 6.70. The molecule has 0 aromatic carbocycles. The van der Waals surface area contributed by atoms with E-state index < -0.39 is 0 Å². The smallest absolute Gasteiger partial charge is 0.226 e. The van der Waals surface area contributed by atoms with E-state index in [4.69, 9.17) is 10.5 Å². The van der Waals surface area contributed by atoms with Crippen LogP contribution in [0.2, 0.25) is 0 Å². The Bertz CT molecular complexity index is 258. The van der Waals surface area contributed by atoms with Crippen LogP contribution in [-0.4, -0.2) is 30.7 Å². The van der Waals surface area contributed by atoms with Crippen molar-refractivity contribution in [1.82, 2.24) is 5.32 Å². The number of carbonyl (C=O) groups excluding carboxylic acids is 1. The highest BCUT2D eigenvalue weighted by atomic mass is 16.5. The van der Waals surface area contributed by atoms with Crippen molar-refractivity contribution in [1.29, 1.82) is 0 Å². The first-order valence-corrected chi connectivity index (χ1v) is 6.70. The number of nitrogens with two attached hydrogens (primary N) is 1. The maximum atomic E-state index is 12.2. The zero-order valence-corrected chi connectivity index (χ0v) is 11.3. The molecule has 4 heteroatoms. The molecule has 1 heterocycles. The van der Waals surface area contributed by atoms with E-state index in [1.54, 1.807) is 0 Å². The molecule has 0 spiro atoms. The lowest BCUT2D eigenvalue weighted by atomic mass is 9.91. The number of amides is 1. The fourth-order valence-corrected chi connectivity index (χ4v) is 2.39. The summed E-state index contributed by atoms with van der Waals surface area (Å²) in [7, 11) is 0. The van der Waals surface area contributed by atoms with Crippen molar-refractivity contribution in [3.05, 3.63) is 0 Å². The van der Waals surface area contributed by atoms with Gasteiger partial charge in [0.25, 0.3) is 0 Å². The predicted octanol–water partition coefficient (Wildman–Crippen LogP) is 1.44. The number of hydrogen-bond donors (Lipinski definition) is 2. The summed E-state index contributed by atoms with van der Waals surface area (Å²) in [5, 5.41) is 3.15. The van der Waals surface area contributed by atoms with Crippen molar-refractivity contribution in [3.8, 4) is 0 Å². The molecule has 1 rings (SSSR count). The highest BCUT2D eigenvalue weighted by Crippen LogP contribution is 2.25.